The first-order valence-electron chi connectivity index (χ1n) is 13.3. The molecular weight excluding hydrogens is 484 g/mol. The fraction of sp³-hybridized carbons (Fsp3) is 0.212. The predicted octanol–water partition coefficient (Wildman–Crippen LogP) is 6.13. The molecule has 0 atom stereocenters. The molecule has 39 heavy (non-hydrogen) atoms. The Kier molecular flexibility index (Phi) is 10.5. The van der Waals surface area contributed by atoms with Crippen molar-refractivity contribution in [1.82, 2.24) is 0 Å². The van der Waals surface area contributed by atoms with Crippen LogP contribution in [-0.2, 0) is 13.1 Å². The highest BCUT2D eigenvalue weighted by molar-refractivity contribution is 5.98. The number of amidine groups is 2. The summed E-state index contributed by atoms with van der Waals surface area (Å²) < 4.78 is 11.7. The summed E-state index contributed by atoms with van der Waals surface area (Å²) in [5.41, 5.74) is 16.3. The van der Waals surface area contributed by atoms with E-state index in [1.165, 1.54) is 0 Å². The van der Waals surface area contributed by atoms with E-state index in [-0.39, 0.29) is 0 Å². The molecule has 0 aromatic heterocycles. The van der Waals surface area contributed by atoms with E-state index in [9.17, 15) is 0 Å². The van der Waals surface area contributed by atoms with Crippen LogP contribution in [0, 0.1) is 0 Å². The Hall–Kier alpha value is -4.58. The lowest BCUT2D eigenvalue weighted by Gasteiger charge is -2.09. The van der Waals surface area contributed by atoms with E-state index in [4.69, 9.17) is 20.9 Å². The van der Waals surface area contributed by atoms with Crippen LogP contribution >= 0.6 is 0 Å². The number of nitrogens with zero attached hydrogens (tertiary/aromatic N) is 2. The molecule has 6 heteroatoms. The van der Waals surface area contributed by atoms with Gasteiger partial charge in [-0.05, 0) is 78.9 Å². The molecule has 0 bridgehead atoms. The van der Waals surface area contributed by atoms with Crippen molar-refractivity contribution in [3.63, 3.8) is 0 Å². The first-order chi connectivity index (χ1) is 19.2. The van der Waals surface area contributed by atoms with Gasteiger partial charge in [-0.15, -0.1) is 0 Å². The van der Waals surface area contributed by atoms with Gasteiger partial charge in [0.15, 0.2) is 0 Å². The molecule has 6 nitrogen and oxygen atoms in total. The van der Waals surface area contributed by atoms with Crippen LogP contribution in [0.1, 0.15) is 41.5 Å². The Labute approximate surface area is 231 Å². The highest BCUT2D eigenvalue weighted by Crippen LogP contribution is 2.15. The topological polar surface area (TPSA) is 95.2 Å². The van der Waals surface area contributed by atoms with Crippen molar-refractivity contribution < 1.29 is 9.47 Å². The predicted molar refractivity (Wildman–Crippen MR) is 159 cm³/mol. The van der Waals surface area contributed by atoms with Crippen LogP contribution in [-0.4, -0.2) is 24.9 Å². The number of hydrogen-bond acceptors (Lipinski definition) is 4. The van der Waals surface area contributed by atoms with E-state index >= 15 is 0 Å². The number of nitrogens with two attached hydrogens (primary N) is 2. The van der Waals surface area contributed by atoms with E-state index in [2.05, 4.69) is 9.98 Å². The Balaban J connectivity index is 1.09. The Morgan fingerprint density at radius 3 is 1.26 bits per heavy atom. The van der Waals surface area contributed by atoms with Crippen molar-refractivity contribution in [2.75, 3.05) is 13.2 Å². The zero-order chi connectivity index (χ0) is 27.1. The lowest BCUT2D eigenvalue weighted by molar-refractivity contribution is 0.279. The van der Waals surface area contributed by atoms with Crippen molar-refractivity contribution in [3.8, 4) is 11.5 Å². The average molecular weight is 521 g/mol. The van der Waals surface area contributed by atoms with Crippen LogP contribution in [0.5, 0.6) is 11.5 Å². The van der Waals surface area contributed by atoms with Gasteiger partial charge in [0.1, 0.15) is 23.2 Å². The lowest BCUT2D eigenvalue weighted by Crippen LogP contribution is -2.13. The van der Waals surface area contributed by atoms with Gasteiger partial charge in [-0.2, -0.15) is 0 Å². The van der Waals surface area contributed by atoms with E-state index < -0.39 is 0 Å². The minimum Gasteiger partial charge on any atom is -0.494 e. The van der Waals surface area contributed by atoms with Gasteiger partial charge in [-0.25, -0.2) is 0 Å². The second-order valence-corrected chi connectivity index (χ2v) is 9.18. The van der Waals surface area contributed by atoms with Gasteiger partial charge in [0.2, 0.25) is 0 Å². The highest BCUT2D eigenvalue weighted by atomic mass is 16.5. The maximum Gasteiger partial charge on any atom is 0.125 e. The van der Waals surface area contributed by atoms with Crippen molar-refractivity contribution in [1.29, 1.82) is 0 Å². The van der Waals surface area contributed by atoms with Crippen LogP contribution in [0.25, 0.3) is 0 Å². The fourth-order valence-corrected chi connectivity index (χ4v) is 3.91. The number of rotatable bonds is 14. The van der Waals surface area contributed by atoms with Gasteiger partial charge in [-0.1, -0.05) is 60.7 Å². The first kappa shape index (κ1) is 27.5. The molecule has 0 saturated carbocycles. The summed E-state index contributed by atoms with van der Waals surface area (Å²) in [6.45, 7) is 2.46. The Morgan fingerprint density at radius 2 is 0.872 bits per heavy atom. The van der Waals surface area contributed by atoms with Crippen LogP contribution in [0.3, 0.4) is 0 Å². The van der Waals surface area contributed by atoms with Crippen molar-refractivity contribution in [2.45, 2.75) is 32.4 Å². The number of hydrogen-bond donors (Lipinski definition) is 2. The summed E-state index contributed by atoms with van der Waals surface area (Å²) in [5.74, 6) is 2.72. The quantitative estimate of drug-likeness (QED) is 0.119. The van der Waals surface area contributed by atoms with Crippen LogP contribution in [0.2, 0.25) is 0 Å². The largest absolute Gasteiger partial charge is 0.494 e. The first-order valence-corrected chi connectivity index (χ1v) is 13.3. The van der Waals surface area contributed by atoms with Crippen molar-refractivity contribution in [3.05, 3.63) is 131 Å². The standard InChI is InChI=1S/C33H36N4O2/c34-32(36-24-26-10-4-1-5-11-26)28-14-18-30(19-15-28)38-22-8-3-9-23-39-31-20-16-29(17-21-31)33(35)37-25-27-12-6-2-7-13-27/h1-2,4-7,10-21H,3,8-9,22-25H2,(H2,34,36)(H2,35,37). The summed E-state index contributed by atoms with van der Waals surface area (Å²) in [6, 6.07) is 35.7. The van der Waals surface area contributed by atoms with Crippen LogP contribution in [0.15, 0.2) is 119 Å². The maximum atomic E-state index is 6.14. The maximum absolute atomic E-state index is 6.14. The third-order valence-electron chi connectivity index (χ3n) is 6.18. The molecule has 4 aromatic carbocycles. The van der Waals surface area contributed by atoms with E-state index in [0.29, 0.717) is 38.0 Å². The molecule has 0 saturated heterocycles. The average Bonchev–Trinajstić information content (AvgIpc) is 3.00. The van der Waals surface area contributed by atoms with Crippen molar-refractivity contribution >= 4 is 11.7 Å². The molecule has 0 amide bonds. The fourth-order valence-electron chi connectivity index (χ4n) is 3.91. The van der Waals surface area contributed by atoms with Crippen molar-refractivity contribution in [2.24, 2.45) is 21.5 Å². The second-order valence-electron chi connectivity index (χ2n) is 9.18. The van der Waals surface area contributed by atoms with Gasteiger partial charge >= 0.3 is 0 Å². The number of benzene rings is 4. The highest BCUT2D eigenvalue weighted by Gasteiger charge is 2.02. The third-order valence-corrected chi connectivity index (χ3v) is 6.18. The molecular formula is C33H36N4O2. The molecule has 0 spiro atoms. The smallest absolute Gasteiger partial charge is 0.125 e. The molecule has 4 rings (SSSR count). The van der Waals surface area contributed by atoms with Crippen LogP contribution < -0.4 is 20.9 Å². The minimum atomic E-state index is 0.528. The lowest BCUT2D eigenvalue weighted by atomic mass is 10.2. The Morgan fingerprint density at radius 1 is 0.487 bits per heavy atom. The molecule has 0 unspecified atom stereocenters. The van der Waals surface area contributed by atoms with Gasteiger partial charge in [-0.3, -0.25) is 9.98 Å². The minimum absolute atomic E-state index is 0.528. The summed E-state index contributed by atoms with van der Waals surface area (Å²) in [5, 5.41) is 0. The molecule has 200 valence electrons. The van der Waals surface area contributed by atoms with Gasteiger partial charge in [0.05, 0.1) is 26.3 Å². The third kappa shape index (κ3) is 9.34. The van der Waals surface area contributed by atoms with Gasteiger partial charge < -0.3 is 20.9 Å². The number of aliphatic imine (C=N–C) groups is 2. The Bertz CT molecular complexity index is 1220. The molecule has 0 fully saturated rings. The molecule has 0 heterocycles. The molecule has 4 aromatic rings. The van der Waals surface area contributed by atoms with E-state index in [1.807, 2.05) is 109 Å². The molecule has 0 radical (unpaired) electrons. The van der Waals surface area contributed by atoms with Gasteiger partial charge in [0.25, 0.3) is 0 Å². The molecule has 0 aliphatic rings. The van der Waals surface area contributed by atoms with Gasteiger partial charge in [0, 0.05) is 11.1 Å². The molecule has 0 aliphatic carbocycles. The summed E-state index contributed by atoms with van der Waals surface area (Å²) in [7, 11) is 0. The van der Waals surface area contributed by atoms with Crippen LogP contribution in [0.4, 0.5) is 0 Å². The SMILES string of the molecule is NC(=NCc1ccccc1)c1ccc(OCCCCCOc2ccc(C(N)=NCc3ccccc3)cc2)cc1. The monoisotopic (exact) mass is 520 g/mol. The molecule has 0 aliphatic heterocycles. The van der Waals surface area contributed by atoms with E-state index in [1.54, 1.807) is 0 Å². The summed E-state index contributed by atoms with van der Waals surface area (Å²) in [6.07, 6.45) is 2.94. The zero-order valence-electron chi connectivity index (χ0n) is 22.2. The summed E-state index contributed by atoms with van der Waals surface area (Å²) >= 11 is 0. The normalized spacial score (nSPS) is 11.8. The second kappa shape index (κ2) is 15.0. The summed E-state index contributed by atoms with van der Waals surface area (Å²) in [4.78, 5) is 8.96. The number of unbranched alkanes of at least 4 members (excludes halogenated alkanes) is 2. The number of ether oxygens (including phenoxy) is 2. The zero-order valence-corrected chi connectivity index (χ0v) is 22.2. The molecule has 4 N–H and O–H groups in total. The van der Waals surface area contributed by atoms with E-state index in [0.717, 1.165) is 53.0 Å².